The number of hydrogen-bond donors (Lipinski definition) is 0. The molecule has 0 saturated carbocycles. The van der Waals surface area contributed by atoms with E-state index < -0.39 is 17.8 Å². The molecule has 27 heavy (non-hydrogen) atoms. The van der Waals surface area contributed by atoms with Gasteiger partial charge in [0.15, 0.2) is 0 Å². The molecule has 0 spiro atoms. The molecule has 2 aromatic rings. The van der Waals surface area contributed by atoms with Crippen molar-refractivity contribution in [3.8, 4) is 10.4 Å². The fraction of sp³-hybridized carbons (Fsp3) is 0.211. The highest BCUT2D eigenvalue weighted by molar-refractivity contribution is 7.16. The molecule has 6 nitrogen and oxygen atoms in total. The lowest BCUT2D eigenvalue weighted by Gasteiger charge is -2.18. The highest BCUT2D eigenvalue weighted by Gasteiger charge is 2.19. The van der Waals surface area contributed by atoms with Crippen LogP contribution in [-0.4, -0.2) is 50.1 Å². The van der Waals surface area contributed by atoms with Gasteiger partial charge in [-0.25, -0.2) is 4.39 Å². The zero-order valence-electron chi connectivity index (χ0n) is 14.8. The van der Waals surface area contributed by atoms with E-state index in [1.165, 1.54) is 43.8 Å². The molecule has 0 fully saturated rings. The van der Waals surface area contributed by atoms with Crippen LogP contribution in [0.3, 0.4) is 0 Å². The largest absolute Gasteiger partial charge is 0.468 e. The second-order valence-corrected chi connectivity index (χ2v) is 6.50. The van der Waals surface area contributed by atoms with Crippen molar-refractivity contribution in [2.75, 3.05) is 27.3 Å². The van der Waals surface area contributed by atoms with E-state index >= 15 is 0 Å². The van der Waals surface area contributed by atoms with Gasteiger partial charge in [-0.3, -0.25) is 14.4 Å². The molecule has 1 amide bonds. The standard InChI is InChI=1S/C19H18FNO5S/c1-25-18(23)11-21(12-19(24)26-2)17(22)10-8-15-7-9-16(27-15)13-3-5-14(20)6-4-13/h3-10H,11-12H2,1-2H3/b10-8+. The minimum absolute atomic E-state index is 0.308. The van der Waals surface area contributed by atoms with Gasteiger partial charge >= 0.3 is 11.9 Å². The van der Waals surface area contributed by atoms with Gasteiger partial charge < -0.3 is 14.4 Å². The first-order valence-electron chi connectivity index (χ1n) is 7.89. The topological polar surface area (TPSA) is 72.9 Å². The monoisotopic (exact) mass is 391 g/mol. The van der Waals surface area contributed by atoms with E-state index in [2.05, 4.69) is 9.47 Å². The number of ether oxygens (including phenoxy) is 2. The molecule has 0 radical (unpaired) electrons. The van der Waals surface area contributed by atoms with Crippen molar-refractivity contribution in [2.24, 2.45) is 0 Å². The van der Waals surface area contributed by atoms with Gasteiger partial charge in [0.05, 0.1) is 14.2 Å². The predicted molar refractivity (Wildman–Crippen MR) is 99.4 cm³/mol. The third-order valence-corrected chi connectivity index (χ3v) is 4.65. The minimum Gasteiger partial charge on any atom is -0.468 e. The number of hydrogen-bond acceptors (Lipinski definition) is 6. The van der Waals surface area contributed by atoms with Crippen LogP contribution >= 0.6 is 11.3 Å². The third kappa shape index (κ3) is 6.03. The van der Waals surface area contributed by atoms with E-state index in [1.54, 1.807) is 18.2 Å². The number of amides is 1. The van der Waals surface area contributed by atoms with Crippen LogP contribution in [-0.2, 0) is 23.9 Å². The average Bonchev–Trinajstić information content (AvgIpc) is 3.14. The number of thiophene rings is 1. The molecule has 0 atom stereocenters. The molecular formula is C19H18FNO5S. The van der Waals surface area contributed by atoms with E-state index in [4.69, 9.17) is 0 Å². The Morgan fingerprint density at radius 2 is 1.59 bits per heavy atom. The van der Waals surface area contributed by atoms with Crippen molar-refractivity contribution in [2.45, 2.75) is 0 Å². The quantitative estimate of drug-likeness (QED) is 0.536. The normalized spacial score (nSPS) is 10.6. The lowest BCUT2D eigenvalue weighted by atomic mass is 10.2. The zero-order valence-corrected chi connectivity index (χ0v) is 15.6. The van der Waals surface area contributed by atoms with E-state index in [1.807, 2.05) is 12.1 Å². The molecule has 0 aliphatic rings. The van der Waals surface area contributed by atoms with Crippen molar-refractivity contribution in [1.29, 1.82) is 0 Å². The summed E-state index contributed by atoms with van der Waals surface area (Å²) in [6.45, 7) is -0.722. The van der Waals surface area contributed by atoms with Crippen LogP contribution in [0.25, 0.3) is 16.5 Å². The highest BCUT2D eigenvalue weighted by atomic mass is 32.1. The summed E-state index contributed by atoms with van der Waals surface area (Å²) in [6.07, 6.45) is 2.85. The molecule has 142 valence electrons. The summed E-state index contributed by atoms with van der Waals surface area (Å²) >= 11 is 1.42. The summed E-state index contributed by atoms with van der Waals surface area (Å²) < 4.78 is 22.1. The number of carbonyl (C=O) groups excluding carboxylic acids is 3. The zero-order chi connectivity index (χ0) is 19.8. The molecule has 1 heterocycles. The Morgan fingerprint density at radius 1 is 1.00 bits per heavy atom. The minimum atomic E-state index is -0.643. The summed E-state index contributed by atoms with van der Waals surface area (Å²) in [6, 6.07) is 9.79. The van der Waals surface area contributed by atoms with Crippen LogP contribution in [0.1, 0.15) is 4.88 Å². The summed E-state index contributed by atoms with van der Waals surface area (Å²) in [7, 11) is 2.39. The SMILES string of the molecule is COC(=O)CN(CC(=O)OC)C(=O)/C=C/c1ccc(-c2ccc(F)cc2)s1. The number of benzene rings is 1. The van der Waals surface area contributed by atoms with Crippen molar-refractivity contribution in [1.82, 2.24) is 4.90 Å². The summed E-state index contributed by atoms with van der Waals surface area (Å²) in [4.78, 5) is 37.9. The number of nitrogens with zero attached hydrogens (tertiary/aromatic N) is 1. The highest BCUT2D eigenvalue weighted by Crippen LogP contribution is 2.28. The van der Waals surface area contributed by atoms with Crippen molar-refractivity contribution < 1.29 is 28.2 Å². The Hall–Kier alpha value is -3.00. The summed E-state index contributed by atoms with van der Waals surface area (Å²) in [5.41, 5.74) is 0.866. The Labute approximate surface area is 159 Å². The van der Waals surface area contributed by atoms with Gasteiger partial charge in [-0.15, -0.1) is 11.3 Å². The summed E-state index contributed by atoms with van der Waals surface area (Å²) in [5.74, 6) is -2.12. The fourth-order valence-corrected chi connectivity index (χ4v) is 3.04. The van der Waals surface area contributed by atoms with E-state index in [0.717, 1.165) is 20.2 Å². The van der Waals surface area contributed by atoms with Gasteiger partial charge in [-0.2, -0.15) is 0 Å². The summed E-state index contributed by atoms with van der Waals surface area (Å²) in [5, 5.41) is 0. The van der Waals surface area contributed by atoms with Gasteiger partial charge in [0.25, 0.3) is 0 Å². The number of rotatable bonds is 7. The fourth-order valence-electron chi connectivity index (χ4n) is 2.12. The Morgan fingerprint density at radius 3 is 2.15 bits per heavy atom. The molecule has 0 bridgehead atoms. The molecule has 1 aromatic heterocycles. The van der Waals surface area contributed by atoms with Gasteiger partial charge in [0.2, 0.25) is 5.91 Å². The predicted octanol–water partition coefficient (Wildman–Crippen LogP) is 2.74. The van der Waals surface area contributed by atoms with Gasteiger partial charge in [-0.05, 0) is 35.9 Å². The van der Waals surface area contributed by atoms with Crippen LogP contribution in [0.15, 0.2) is 42.5 Å². The van der Waals surface area contributed by atoms with Crippen LogP contribution in [0, 0.1) is 5.82 Å². The molecule has 8 heteroatoms. The van der Waals surface area contributed by atoms with Crippen LogP contribution < -0.4 is 0 Å². The van der Waals surface area contributed by atoms with Crippen LogP contribution in [0.4, 0.5) is 4.39 Å². The van der Waals surface area contributed by atoms with E-state index in [9.17, 15) is 18.8 Å². The lowest BCUT2D eigenvalue weighted by molar-refractivity contribution is -0.150. The first kappa shape index (κ1) is 20.3. The van der Waals surface area contributed by atoms with E-state index in [0.29, 0.717) is 0 Å². The molecule has 0 N–H and O–H groups in total. The average molecular weight is 391 g/mol. The van der Waals surface area contributed by atoms with Crippen molar-refractivity contribution in [3.05, 3.63) is 53.2 Å². The van der Waals surface area contributed by atoms with Gasteiger partial charge in [0, 0.05) is 15.8 Å². The second kappa shape index (κ2) is 9.63. The molecule has 2 rings (SSSR count). The maximum Gasteiger partial charge on any atom is 0.325 e. The van der Waals surface area contributed by atoms with Gasteiger partial charge in [0.1, 0.15) is 18.9 Å². The maximum absolute atomic E-state index is 13.0. The van der Waals surface area contributed by atoms with Crippen LogP contribution in [0.2, 0.25) is 0 Å². The molecule has 0 unspecified atom stereocenters. The second-order valence-electron chi connectivity index (χ2n) is 5.39. The first-order chi connectivity index (χ1) is 12.9. The number of halogens is 1. The Bertz CT molecular complexity index is 826. The molecule has 1 aromatic carbocycles. The molecule has 0 aliphatic carbocycles. The van der Waals surface area contributed by atoms with Crippen LogP contribution in [0.5, 0.6) is 0 Å². The lowest BCUT2D eigenvalue weighted by Crippen LogP contribution is -2.39. The van der Waals surface area contributed by atoms with Crippen molar-refractivity contribution >= 4 is 35.3 Å². The first-order valence-corrected chi connectivity index (χ1v) is 8.71. The number of esters is 2. The van der Waals surface area contributed by atoms with Crippen molar-refractivity contribution in [3.63, 3.8) is 0 Å². The number of carbonyl (C=O) groups is 3. The van der Waals surface area contributed by atoms with Gasteiger partial charge in [-0.1, -0.05) is 12.1 Å². The maximum atomic E-state index is 13.0. The third-order valence-electron chi connectivity index (χ3n) is 3.55. The van der Waals surface area contributed by atoms with E-state index in [-0.39, 0.29) is 18.9 Å². The smallest absolute Gasteiger partial charge is 0.325 e. The Balaban J connectivity index is 2.09. The number of methoxy groups -OCH3 is 2. The molecular weight excluding hydrogens is 373 g/mol. The Kier molecular flexibility index (Phi) is 7.25. The molecule has 0 aliphatic heterocycles. The molecule has 0 saturated heterocycles.